The number of carbonyl (C=O) groups excluding carboxylic acids is 1. The second kappa shape index (κ2) is 6.46. The van der Waals surface area contributed by atoms with E-state index < -0.39 is 0 Å². The van der Waals surface area contributed by atoms with Crippen molar-refractivity contribution in [2.24, 2.45) is 15.2 Å². The second-order valence-corrected chi connectivity index (χ2v) is 6.97. The molecule has 2 aliphatic heterocycles. The molecule has 5 nitrogen and oxygen atoms in total. The van der Waals surface area contributed by atoms with Crippen molar-refractivity contribution in [3.63, 3.8) is 0 Å². The van der Waals surface area contributed by atoms with Crippen LogP contribution >= 0.6 is 23.4 Å². The molecule has 2 heterocycles. The number of thioether (sulfide) groups is 1. The Morgan fingerprint density at radius 2 is 2.00 bits per heavy atom. The SMILES string of the molecule is Cc1cccc(N=NC2=C(c3ccccc3Cl)N3C(=O)CN=C3S2)c1. The number of aryl methyl sites for hydroxylation is 1. The van der Waals surface area contributed by atoms with Crippen molar-refractivity contribution >= 4 is 45.8 Å². The number of amides is 1. The van der Waals surface area contributed by atoms with Crippen molar-refractivity contribution in [1.29, 1.82) is 0 Å². The highest BCUT2D eigenvalue weighted by Crippen LogP contribution is 2.44. The van der Waals surface area contributed by atoms with Gasteiger partial charge in [-0.1, -0.05) is 41.9 Å². The van der Waals surface area contributed by atoms with E-state index in [1.807, 2.05) is 49.4 Å². The van der Waals surface area contributed by atoms with Crippen molar-refractivity contribution in [2.45, 2.75) is 6.92 Å². The largest absolute Gasteiger partial charge is 0.272 e. The van der Waals surface area contributed by atoms with E-state index in [1.165, 1.54) is 11.8 Å². The Morgan fingerprint density at radius 3 is 2.80 bits per heavy atom. The first-order valence-corrected chi connectivity index (χ1v) is 8.86. The van der Waals surface area contributed by atoms with Gasteiger partial charge in [-0.2, -0.15) is 0 Å². The van der Waals surface area contributed by atoms with Crippen molar-refractivity contribution in [1.82, 2.24) is 4.90 Å². The van der Waals surface area contributed by atoms with Crippen LogP contribution in [-0.4, -0.2) is 22.5 Å². The summed E-state index contributed by atoms with van der Waals surface area (Å²) in [5.41, 5.74) is 3.26. The summed E-state index contributed by atoms with van der Waals surface area (Å²) in [6.45, 7) is 2.15. The number of amidine groups is 1. The minimum Gasteiger partial charge on any atom is -0.272 e. The molecular weight excluding hydrogens is 356 g/mol. The molecule has 0 bridgehead atoms. The third kappa shape index (κ3) is 2.99. The monoisotopic (exact) mass is 368 g/mol. The van der Waals surface area contributed by atoms with E-state index in [9.17, 15) is 4.79 Å². The standard InChI is InChI=1S/C18H13ClN4OS/c1-11-5-4-6-12(9-11)21-22-17-16(13-7-2-3-8-14(13)19)23-15(24)10-20-18(23)25-17/h2-9H,10H2,1H3. The molecule has 0 fully saturated rings. The summed E-state index contributed by atoms with van der Waals surface area (Å²) in [5, 5.41) is 10.5. The van der Waals surface area contributed by atoms with Crippen molar-refractivity contribution in [3.05, 3.63) is 69.7 Å². The van der Waals surface area contributed by atoms with Gasteiger partial charge in [0, 0.05) is 10.6 Å². The van der Waals surface area contributed by atoms with E-state index in [0.717, 1.165) is 16.8 Å². The Kier molecular flexibility index (Phi) is 4.15. The van der Waals surface area contributed by atoms with E-state index >= 15 is 0 Å². The highest BCUT2D eigenvalue weighted by atomic mass is 35.5. The highest BCUT2D eigenvalue weighted by molar-refractivity contribution is 8.17. The fraction of sp³-hybridized carbons (Fsp3) is 0.111. The average Bonchev–Trinajstić information content (AvgIpc) is 3.13. The first-order chi connectivity index (χ1) is 12.1. The summed E-state index contributed by atoms with van der Waals surface area (Å²) in [4.78, 5) is 18.1. The Labute approximate surface area is 154 Å². The molecule has 0 aliphatic carbocycles. The summed E-state index contributed by atoms with van der Waals surface area (Å²) >= 11 is 7.69. The molecule has 0 unspecified atom stereocenters. The lowest BCUT2D eigenvalue weighted by Crippen LogP contribution is -2.26. The van der Waals surface area contributed by atoms with Gasteiger partial charge in [0.05, 0.1) is 11.4 Å². The predicted molar refractivity (Wildman–Crippen MR) is 101 cm³/mol. The van der Waals surface area contributed by atoms with Gasteiger partial charge in [-0.25, -0.2) is 0 Å². The van der Waals surface area contributed by atoms with Gasteiger partial charge in [-0.15, -0.1) is 10.2 Å². The van der Waals surface area contributed by atoms with Crippen LogP contribution in [0.2, 0.25) is 5.02 Å². The maximum absolute atomic E-state index is 12.3. The highest BCUT2D eigenvalue weighted by Gasteiger charge is 2.39. The summed E-state index contributed by atoms with van der Waals surface area (Å²) in [6, 6.07) is 15.2. The van der Waals surface area contributed by atoms with Crippen LogP contribution in [0.1, 0.15) is 11.1 Å². The number of carbonyl (C=O) groups is 1. The first kappa shape index (κ1) is 16.1. The number of hydrogen-bond acceptors (Lipinski definition) is 5. The molecule has 2 aliphatic rings. The molecule has 2 aromatic carbocycles. The quantitative estimate of drug-likeness (QED) is 0.715. The van der Waals surface area contributed by atoms with Crippen LogP contribution in [0.3, 0.4) is 0 Å². The molecule has 7 heteroatoms. The van der Waals surface area contributed by atoms with Gasteiger partial charge >= 0.3 is 0 Å². The van der Waals surface area contributed by atoms with Crippen LogP contribution in [0.5, 0.6) is 0 Å². The topological polar surface area (TPSA) is 57.4 Å². The van der Waals surface area contributed by atoms with Crippen LogP contribution in [0.15, 0.2) is 68.8 Å². The second-order valence-electron chi connectivity index (χ2n) is 5.60. The lowest BCUT2D eigenvalue weighted by atomic mass is 10.1. The lowest BCUT2D eigenvalue weighted by molar-refractivity contribution is -0.122. The minimum atomic E-state index is -0.0850. The van der Waals surface area contributed by atoms with Crippen molar-refractivity contribution in [3.8, 4) is 0 Å². The number of aliphatic imine (C=N–C) groups is 1. The van der Waals surface area contributed by atoms with Gasteiger partial charge in [-0.05, 0) is 42.4 Å². The molecule has 2 aromatic rings. The Balaban J connectivity index is 1.80. The van der Waals surface area contributed by atoms with E-state index in [1.54, 1.807) is 11.0 Å². The van der Waals surface area contributed by atoms with Crippen LogP contribution in [0, 0.1) is 6.92 Å². The van der Waals surface area contributed by atoms with Gasteiger partial charge in [-0.3, -0.25) is 14.7 Å². The summed E-state index contributed by atoms with van der Waals surface area (Å²) in [6.07, 6.45) is 0. The number of nitrogens with zero attached hydrogens (tertiary/aromatic N) is 4. The molecule has 25 heavy (non-hydrogen) atoms. The third-order valence-corrected chi connectivity index (χ3v) is 5.08. The molecule has 0 aromatic heterocycles. The van der Waals surface area contributed by atoms with Gasteiger partial charge in [0.15, 0.2) is 10.2 Å². The minimum absolute atomic E-state index is 0.0850. The van der Waals surface area contributed by atoms with Gasteiger partial charge in [0.25, 0.3) is 5.91 Å². The zero-order chi connectivity index (χ0) is 17.4. The molecule has 0 atom stereocenters. The number of halogens is 1. The van der Waals surface area contributed by atoms with Gasteiger partial charge in [0.2, 0.25) is 0 Å². The van der Waals surface area contributed by atoms with E-state index in [2.05, 4.69) is 15.2 Å². The van der Waals surface area contributed by atoms with Crippen LogP contribution in [-0.2, 0) is 4.79 Å². The number of rotatable bonds is 3. The zero-order valence-electron chi connectivity index (χ0n) is 13.3. The molecule has 0 N–H and O–H groups in total. The van der Waals surface area contributed by atoms with Crippen LogP contribution in [0.4, 0.5) is 5.69 Å². The van der Waals surface area contributed by atoms with Crippen molar-refractivity contribution in [2.75, 3.05) is 6.54 Å². The van der Waals surface area contributed by atoms with Crippen molar-refractivity contribution < 1.29 is 4.79 Å². The van der Waals surface area contributed by atoms with Gasteiger partial charge < -0.3 is 0 Å². The fourth-order valence-electron chi connectivity index (χ4n) is 2.66. The zero-order valence-corrected chi connectivity index (χ0v) is 14.9. The van der Waals surface area contributed by atoms with E-state index in [4.69, 9.17) is 11.6 Å². The molecule has 0 saturated heterocycles. The van der Waals surface area contributed by atoms with Gasteiger partial charge in [0.1, 0.15) is 6.54 Å². The maximum Gasteiger partial charge on any atom is 0.255 e. The number of fused-ring (bicyclic) bond motifs is 1. The molecule has 4 rings (SSSR count). The number of hydrogen-bond donors (Lipinski definition) is 0. The number of azo groups is 1. The smallest absolute Gasteiger partial charge is 0.255 e. The summed E-state index contributed by atoms with van der Waals surface area (Å²) in [5.74, 6) is -0.0850. The molecular formula is C18H13ClN4OS. The first-order valence-electron chi connectivity index (χ1n) is 7.66. The Morgan fingerprint density at radius 1 is 1.16 bits per heavy atom. The summed E-state index contributed by atoms with van der Waals surface area (Å²) in [7, 11) is 0. The Bertz CT molecular complexity index is 967. The summed E-state index contributed by atoms with van der Waals surface area (Å²) < 4.78 is 0. The fourth-order valence-corrected chi connectivity index (χ4v) is 3.85. The average molecular weight is 369 g/mol. The maximum atomic E-state index is 12.3. The molecule has 0 saturated carbocycles. The molecule has 124 valence electrons. The van der Waals surface area contributed by atoms with Crippen LogP contribution in [0.25, 0.3) is 5.70 Å². The van der Waals surface area contributed by atoms with E-state index in [0.29, 0.717) is 20.9 Å². The lowest BCUT2D eigenvalue weighted by Gasteiger charge is -2.15. The molecule has 0 spiro atoms. The normalized spacial score (nSPS) is 16.8. The molecule has 1 amide bonds. The van der Waals surface area contributed by atoms with Crippen LogP contribution < -0.4 is 0 Å². The van der Waals surface area contributed by atoms with E-state index in [-0.39, 0.29) is 12.5 Å². The predicted octanol–water partition coefficient (Wildman–Crippen LogP) is 5.00. The molecule has 0 radical (unpaired) electrons. The Hall–Kier alpha value is -2.44. The number of benzene rings is 2. The third-order valence-electron chi connectivity index (χ3n) is 3.79.